The molecule has 0 unspecified atom stereocenters. The fourth-order valence-corrected chi connectivity index (χ4v) is 2.23. The van der Waals surface area contributed by atoms with Crippen LogP contribution in [0.2, 0.25) is 0 Å². The Bertz CT molecular complexity index is 194. The zero-order valence-electron chi connectivity index (χ0n) is 9.21. The lowest BCUT2D eigenvalue weighted by Crippen LogP contribution is -1.96. The van der Waals surface area contributed by atoms with Crippen molar-refractivity contribution in [1.82, 2.24) is 0 Å². The summed E-state index contributed by atoms with van der Waals surface area (Å²) >= 11 is 1.98. The van der Waals surface area contributed by atoms with Crippen LogP contribution in [-0.2, 0) is 4.74 Å². The maximum absolute atomic E-state index is 5.14. The molecule has 0 aromatic rings. The SMILES string of the molecule is CC1=CCCCO1.CC1=CCCCS1. The summed E-state index contributed by atoms with van der Waals surface area (Å²) in [5, 5.41) is 0. The number of thioether (sulfide) groups is 1. The van der Waals surface area contributed by atoms with E-state index in [1.807, 2.05) is 18.7 Å². The Morgan fingerprint density at radius 1 is 1.14 bits per heavy atom. The predicted molar refractivity (Wildman–Crippen MR) is 64.4 cm³/mol. The fraction of sp³-hybridized carbons (Fsp3) is 0.667. The molecule has 0 atom stereocenters. The zero-order chi connectivity index (χ0) is 10.2. The highest BCUT2D eigenvalue weighted by Crippen LogP contribution is 2.21. The number of hydrogen-bond donors (Lipinski definition) is 0. The van der Waals surface area contributed by atoms with E-state index in [-0.39, 0.29) is 0 Å². The molecule has 0 bridgehead atoms. The van der Waals surface area contributed by atoms with Gasteiger partial charge in [0, 0.05) is 0 Å². The smallest absolute Gasteiger partial charge is 0.0889 e. The highest BCUT2D eigenvalue weighted by atomic mass is 32.2. The second kappa shape index (κ2) is 6.99. The molecule has 2 heteroatoms. The van der Waals surface area contributed by atoms with Crippen LogP contribution in [0.25, 0.3) is 0 Å². The third-order valence-electron chi connectivity index (χ3n) is 2.22. The van der Waals surface area contributed by atoms with Crippen molar-refractivity contribution < 1.29 is 4.74 Å². The topological polar surface area (TPSA) is 9.23 Å². The molecule has 0 saturated carbocycles. The maximum Gasteiger partial charge on any atom is 0.0889 e. The summed E-state index contributed by atoms with van der Waals surface area (Å²) in [6, 6.07) is 0. The lowest BCUT2D eigenvalue weighted by atomic mass is 10.2. The molecule has 0 saturated heterocycles. The Labute approximate surface area is 91.6 Å². The van der Waals surface area contributed by atoms with Crippen LogP contribution in [-0.4, -0.2) is 12.4 Å². The van der Waals surface area contributed by atoms with Crippen LogP contribution < -0.4 is 0 Å². The van der Waals surface area contributed by atoms with E-state index in [2.05, 4.69) is 19.1 Å². The first kappa shape index (κ1) is 11.7. The van der Waals surface area contributed by atoms with Crippen molar-refractivity contribution in [3.8, 4) is 0 Å². The lowest BCUT2D eigenvalue weighted by molar-refractivity contribution is 0.195. The van der Waals surface area contributed by atoms with Gasteiger partial charge in [0.15, 0.2) is 0 Å². The average Bonchev–Trinajstić information content (AvgIpc) is 2.21. The van der Waals surface area contributed by atoms with Crippen LogP contribution in [0.15, 0.2) is 22.8 Å². The van der Waals surface area contributed by atoms with Gasteiger partial charge < -0.3 is 4.74 Å². The van der Waals surface area contributed by atoms with E-state index in [1.54, 1.807) is 0 Å². The minimum Gasteiger partial charge on any atom is -0.499 e. The molecule has 2 rings (SSSR count). The van der Waals surface area contributed by atoms with Gasteiger partial charge in [-0.15, -0.1) is 11.8 Å². The highest BCUT2D eigenvalue weighted by Gasteiger charge is 1.96. The minimum atomic E-state index is 0.919. The summed E-state index contributed by atoms with van der Waals surface area (Å²) in [6.45, 7) is 5.10. The molecule has 2 aliphatic rings. The lowest BCUT2D eigenvalue weighted by Gasteiger charge is -2.09. The van der Waals surface area contributed by atoms with Crippen LogP contribution in [0.4, 0.5) is 0 Å². The van der Waals surface area contributed by atoms with Crippen LogP contribution in [0, 0.1) is 0 Å². The summed E-state index contributed by atoms with van der Waals surface area (Å²) in [4.78, 5) is 1.51. The maximum atomic E-state index is 5.14. The summed E-state index contributed by atoms with van der Waals surface area (Å²) in [5.41, 5.74) is 0. The molecular formula is C12H20OS. The minimum absolute atomic E-state index is 0.919. The van der Waals surface area contributed by atoms with Crippen molar-refractivity contribution in [3.05, 3.63) is 22.8 Å². The number of allylic oxidation sites excluding steroid dienone is 4. The fourth-order valence-electron chi connectivity index (χ4n) is 1.36. The van der Waals surface area contributed by atoms with Crippen LogP contribution >= 0.6 is 11.8 Å². The van der Waals surface area contributed by atoms with Crippen molar-refractivity contribution >= 4 is 11.8 Å². The van der Waals surface area contributed by atoms with E-state index in [0.717, 1.165) is 12.4 Å². The van der Waals surface area contributed by atoms with E-state index in [0.29, 0.717) is 0 Å². The Kier molecular flexibility index (Phi) is 5.85. The summed E-state index contributed by atoms with van der Waals surface area (Å²) in [6.07, 6.45) is 9.52. The Morgan fingerprint density at radius 3 is 2.21 bits per heavy atom. The molecule has 0 N–H and O–H groups in total. The van der Waals surface area contributed by atoms with E-state index >= 15 is 0 Å². The molecule has 80 valence electrons. The normalized spacial score (nSPS) is 21.0. The van der Waals surface area contributed by atoms with Gasteiger partial charge in [-0.05, 0) is 56.3 Å². The van der Waals surface area contributed by atoms with E-state index in [4.69, 9.17) is 4.74 Å². The highest BCUT2D eigenvalue weighted by molar-refractivity contribution is 8.03. The number of ether oxygens (including phenoxy) is 1. The molecule has 0 amide bonds. The van der Waals surface area contributed by atoms with Gasteiger partial charge in [0.1, 0.15) is 0 Å². The van der Waals surface area contributed by atoms with Gasteiger partial charge in [-0.25, -0.2) is 0 Å². The van der Waals surface area contributed by atoms with Gasteiger partial charge >= 0.3 is 0 Å². The van der Waals surface area contributed by atoms with Crippen molar-refractivity contribution in [2.24, 2.45) is 0 Å². The first-order valence-corrected chi connectivity index (χ1v) is 6.37. The molecule has 0 aliphatic carbocycles. The van der Waals surface area contributed by atoms with Crippen molar-refractivity contribution in [3.63, 3.8) is 0 Å². The average molecular weight is 212 g/mol. The Hall–Kier alpha value is -0.370. The quantitative estimate of drug-likeness (QED) is 0.597. The summed E-state index contributed by atoms with van der Waals surface area (Å²) in [7, 11) is 0. The van der Waals surface area contributed by atoms with Gasteiger partial charge in [-0.1, -0.05) is 6.08 Å². The largest absolute Gasteiger partial charge is 0.499 e. The van der Waals surface area contributed by atoms with E-state index < -0.39 is 0 Å². The molecule has 2 aliphatic heterocycles. The third kappa shape index (κ3) is 5.38. The van der Waals surface area contributed by atoms with Crippen molar-refractivity contribution in [1.29, 1.82) is 0 Å². The molecule has 0 fully saturated rings. The van der Waals surface area contributed by atoms with Gasteiger partial charge in [0.25, 0.3) is 0 Å². The van der Waals surface area contributed by atoms with Crippen LogP contribution in [0.3, 0.4) is 0 Å². The number of rotatable bonds is 0. The van der Waals surface area contributed by atoms with Crippen molar-refractivity contribution in [2.75, 3.05) is 12.4 Å². The molecule has 0 radical (unpaired) electrons. The van der Waals surface area contributed by atoms with Crippen molar-refractivity contribution in [2.45, 2.75) is 39.5 Å². The summed E-state index contributed by atoms with van der Waals surface area (Å²) < 4.78 is 5.14. The number of hydrogen-bond acceptors (Lipinski definition) is 2. The molecule has 2 heterocycles. The Balaban J connectivity index is 0.000000140. The monoisotopic (exact) mass is 212 g/mol. The molecule has 0 aromatic heterocycles. The van der Waals surface area contributed by atoms with Crippen LogP contribution in [0.1, 0.15) is 39.5 Å². The first-order valence-electron chi connectivity index (χ1n) is 5.38. The zero-order valence-corrected chi connectivity index (χ0v) is 10.0. The second-order valence-corrected chi connectivity index (χ2v) is 4.95. The molecule has 1 nitrogen and oxygen atoms in total. The first-order chi connectivity index (χ1) is 6.79. The van der Waals surface area contributed by atoms with Gasteiger partial charge in [0.2, 0.25) is 0 Å². The molecular weight excluding hydrogens is 192 g/mol. The summed E-state index contributed by atoms with van der Waals surface area (Å²) in [5.74, 6) is 2.42. The van der Waals surface area contributed by atoms with E-state index in [1.165, 1.54) is 36.3 Å². The van der Waals surface area contributed by atoms with Gasteiger partial charge in [-0.2, -0.15) is 0 Å². The van der Waals surface area contributed by atoms with Gasteiger partial charge in [0.05, 0.1) is 12.4 Å². The van der Waals surface area contributed by atoms with Gasteiger partial charge in [-0.3, -0.25) is 0 Å². The second-order valence-electron chi connectivity index (χ2n) is 3.61. The molecule has 0 spiro atoms. The van der Waals surface area contributed by atoms with E-state index in [9.17, 15) is 0 Å². The predicted octanol–water partition coefficient (Wildman–Crippen LogP) is 4.12. The van der Waals surface area contributed by atoms with Crippen LogP contribution in [0.5, 0.6) is 0 Å². The molecule has 14 heavy (non-hydrogen) atoms. The Morgan fingerprint density at radius 2 is 1.93 bits per heavy atom. The third-order valence-corrected chi connectivity index (χ3v) is 3.33. The molecule has 0 aromatic carbocycles. The standard InChI is InChI=1S/C6H10O.C6H10S/c2*1-6-4-2-3-5-7-6/h2*4H,2-3,5H2,1H3.